The van der Waals surface area contributed by atoms with Gasteiger partial charge >= 0.3 is 0 Å². The van der Waals surface area contributed by atoms with Gasteiger partial charge in [0, 0.05) is 30.9 Å². The Kier molecular flexibility index (Phi) is 6.51. The van der Waals surface area contributed by atoms with Crippen LogP contribution < -0.4 is 19.7 Å². The zero-order valence-corrected chi connectivity index (χ0v) is 16.3. The summed E-state index contributed by atoms with van der Waals surface area (Å²) in [5, 5.41) is 4.24. The molecule has 1 fully saturated rings. The smallest absolute Gasteiger partial charge is 0.166 e. The number of anilines is 2. The Labute approximate surface area is 161 Å². The van der Waals surface area contributed by atoms with Gasteiger partial charge in [0.05, 0.1) is 24.4 Å². The van der Waals surface area contributed by atoms with Gasteiger partial charge < -0.3 is 19.7 Å². The molecule has 4 nitrogen and oxygen atoms in total. The second-order valence-electron chi connectivity index (χ2n) is 6.45. The van der Waals surface area contributed by atoms with Gasteiger partial charge in [0.25, 0.3) is 0 Å². The first-order chi connectivity index (χ1) is 12.7. The molecule has 0 radical (unpaired) electrons. The van der Waals surface area contributed by atoms with Gasteiger partial charge in [-0.25, -0.2) is 0 Å². The van der Waals surface area contributed by atoms with Crippen LogP contribution in [0.4, 0.5) is 11.4 Å². The Balaban J connectivity index is 1.71. The summed E-state index contributed by atoms with van der Waals surface area (Å²) in [6.45, 7) is 5.40. The molecule has 140 valence electrons. The number of piperidine rings is 1. The van der Waals surface area contributed by atoms with E-state index in [0.717, 1.165) is 46.5 Å². The van der Waals surface area contributed by atoms with Crippen molar-refractivity contribution in [1.82, 2.24) is 0 Å². The minimum atomic E-state index is 0.601. The van der Waals surface area contributed by atoms with Crippen LogP contribution >= 0.6 is 11.6 Å². The Hall–Kier alpha value is -2.07. The van der Waals surface area contributed by atoms with Gasteiger partial charge in [0.2, 0.25) is 0 Å². The highest BCUT2D eigenvalue weighted by atomic mass is 35.5. The topological polar surface area (TPSA) is 33.7 Å². The molecule has 5 heteroatoms. The van der Waals surface area contributed by atoms with Crippen LogP contribution in [0.15, 0.2) is 36.4 Å². The largest absolute Gasteiger partial charge is 0.493 e. The van der Waals surface area contributed by atoms with Crippen LogP contribution in [0.2, 0.25) is 5.02 Å². The first-order valence-corrected chi connectivity index (χ1v) is 9.67. The number of para-hydroxylation sites is 1. The van der Waals surface area contributed by atoms with Gasteiger partial charge in [0.15, 0.2) is 11.5 Å². The van der Waals surface area contributed by atoms with E-state index < -0.39 is 0 Å². The molecule has 0 unspecified atom stereocenters. The summed E-state index contributed by atoms with van der Waals surface area (Å²) in [6.07, 6.45) is 3.80. The molecular weight excluding hydrogens is 348 g/mol. The fourth-order valence-corrected chi connectivity index (χ4v) is 3.67. The van der Waals surface area contributed by atoms with E-state index in [-0.39, 0.29) is 0 Å². The molecule has 0 bridgehead atoms. The standard InChI is InChI=1S/C21H27ClN2O2/c1-3-26-21-16(8-7-9-20(21)25-2)15-23-17-10-11-19(18(22)14-17)24-12-5-4-6-13-24/h7-11,14,23H,3-6,12-13,15H2,1-2H3. The van der Waals surface area contributed by atoms with Crippen molar-refractivity contribution >= 4 is 23.0 Å². The minimum absolute atomic E-state index is 0.601. The molecule has 0 aliphatic carbocycles. The lowest BCUT2D eigenvalue weighted by atomic mass is 10.1. The van der Waals surface area contributed by atoms with E-state index in [9.17, 15) is 0 Å². The molecule has 0 amide bonds. The van der Waals surface area contributed by atoms with Crippen molar-refractivity contribution < 1.29 is 9.47 Å². The SMILES string of the molecule is CCOc1c(CNc2ccc(N3CCCCC3)c(Cl)c2)cccc1OC. The Morgan fingerprint density at radius 3 is 2.62 bits per heavy atom. The highest BCUT2D eigenvalue weighted by Gasteiger charge is 2.14. The van der Waals surface area contributed by atoms with Crippen LogP contribution in [0.1, 0.15) is 31.7 Å². The van der Waals surface area contributed by atoms with Crippen molar-refractivity contribution in [3.63, 3.8) is 0 Å². The normalized spacial score (nSPS) is 14.2. The highest BCUT2D eigenvalue weighted by molar-refractivity contribution is 6.33. The number of nitrogens with one attached hydrogen (secondary N) is 1. The molecule has 0 spiro atoms. The van der Waals surface area contributed by atoms with E-state index in [1.807, 2.05) is 31.2 Å². The van der Waals surface area contributed by atoms with Crippen molar-refractivity contribution in [2.45, 2.75) is 32.7 Å². The third kappa shape index (κ3) is 4.36. The monoisotopic (exact) mass is 374 g/mol. The van der Waals surface area contributed by atoms with Crippen LogP contribution in [0.5, 0.6) is 11.5 Å². The van der Waals surface area contributed by atoms with Crippen LogP contribution in [-0.4, -0.2) is 26.8 Å². The van der Waals surface area contributed by atoms with Crippen molar-refractivity contribution in [2.75, 3.05) is 37.0 Å². The summed E-state index contributed by atoms with van der Waals surface area (Å²) < 4.78 is 11.2. The van der Waals surface area contributed by atoms with Gasteiger partial charge in [-0.2, -0.15) is 0 Å². The molecule has 1 heterocycles. The number of nitrogens with zero attached hydrogens (tertiary/aromatic N) is 1. The van der Waals surface area contributed by atoms with Crippen LogP contribution in [-0.2, 0) is 6.54 Å². The number of benzene rings is 2. The number of methoxy groups -OCH3 is 1. The molecule has 3 rings (SSSR count). The van der Waals surface area contributed by atoms with Crippen LogP contribution in [0.25, 0.3) is 0 Å². The average molecular weight is 375 g/mol. The Bertz CT molecular complexity index is 730. The summed E-state index contributed by atoms with van der Waals surface area (Å²) in [5.74, 6) is 1.55. The van der Waals surface area contributed by atoms with Gasteiger partial charge in [0.1, 0.15) is 0 Å². The van der Waals surface area contributed by atoms with E-state index in [4.69, 9.17) is 21.1 Å². The lowest BCUT2D eigenvalue weighted by molar-refractivity contribution is 0.308. The van der Waals surface area contributed by atoms with Gasteiger partial charge in [-0.3, -0.25) is 0 Å². The number of hydrogen-bond acceptors (Lipinski definition) is 4. The maximum absolute atomic E-state index is 6.55. The van der Waals surface area contributed by atoms with Crippen molar-refractivity contribution in [1.29, 1.82) is 0 Å². The minimum Gasteiger partial charge on any atom is -0.493 e. The van der Waals surface area contributed by atoms with Crippen molar-refractivity contribution in [3.8, 4) is 11.5 Å². The van der Waals surface area contributed by atoms with E-state index in [2.05, 4.69) is 22.3 Å². The molecule has 1 saturated heterocycles. The third-order valence-corrected chi connectivity index (χ3v) is 5.00. The number of halogens is 1. The van der Waals surface area contributed by atoms with Crippen LogP contribution in [0.3, 0.4) is 0 Å². The molecule has 0 atom stereocenters. The second kappa shape index (κ2) is 9.04. The zero-order valence-electron chi connectivity index (χ0n) is 15.6. The quantitative estimate of drug-likeness (QED) is 0.708. The van der Waals surface area contributed by atoms with Crippen LogP contribution in [0, 0.1) is 0 Å². The van der Waals surface area contributed by atoms with E-state index in [1.54, 1.807) is 7.11 Å². The first-order valence-electron chi connectivity index (χ1n) is 9.30. The molecule has 1 aliphatic rings. The van der Waals surface area contributed by atoms with E-state index in [1.165, 1.54) is 19.3 Å². The highest BCUT2D eigenvalue weighted by Crippen LogP contribution is 2.33. The summed E-state index contributed by atoms with van der Waals surface area (Å²) in [6, 6.07) is 12.2. The van der Waals surface area contributed by atoms with E-state index >= 15 is 0 Å². The zero-order chi connectivity index (χ0) is 18.4. The Morgan fingerprint density at radius 1 is 1.12 bits per heavy atom. The van der Waals surface area contributed by atoms with Crippen molar-refractivity contribution in [2.24, 2.45) is 0 Å². The maximum Gasteiger partial charge on any atom is 0.166 e. The molecule has 0 saturated carbocycles. The summed E-state index contributed by atoms with van der Waals surface area (Å²) in [7, 11) is 1.66. The lowest BCUT2D eigenvalue weighted by Gasteiger charge is -2.29. The van der Waals surface area contributed by atoms with Gasteiger partial charge in [-0.1, -0.05) is 23.7 Å². The summed E-state index contributed by atoms with van der Waals surface area (Å²) >= 11 is 6.55. The predicted molar refractivity (Wildman–Crippen MR) is 109 cm³/mol. The fraction of sp³-hybridized carbons (Fsp3) is 0.429. The molecular formula is C21H27ClN2O2. The molecule has 1 N–H and O–H groups in total. The van der Waals surface area contributed by atoms with E-state index in [0.29, 0.717) is 13.2 Å². The molecule has 1 aliphatic heterocycles. The molecule has 2 aromatic rings. The van der Waals surface area contributed by atoms with Gasteiger partial charge in [-0.15, -0.1) is 0 Å². The average Bonchev–Trinajstić information content (AvgIpc) is 2.68. The molecule has 0 aromatic heterocycles. The summed E-state index contributed by atoms with van der Waals surface area (Å²) in [4.78, 5) is 2.38. The fourth-order valence-electron chi connectivity index (χ4n) is 3.37. The lowest BCUT2D eigenvalue weighted by Crippen LogP contribution is -2.29. The maximum atomic E-state index is 6.55. The summed E-state index contributed by atoms with van der Waals surface area (Å²) in [5.41, 5.74) is 3.19. The number of ether oxygens (including phenoxy) is 2. The molecule has 2 aromatic carbocycles. The van der Waals surface area contributed by atoms with Crippen molar-refractivity contribution in [3.05, 3.63) is 47.0 Å². The third-order valence-electron chi connectivity index (χ3n) is 4.70. The molecule has 26 heavy (non-hydrogen) atoms. The predicted octanol–water partition coefficient (Wildman–Crippen LogP) is 5.35. The van der Waals surface area contributed by atoms with Gasteiger partial charge in [-0.05, 0) is 50.5 Å². The Morgan fingerprint density at radius 2 is 1.92 bits per heavy atom. The number of hydrogen-bond donors (Lipinski definition) is 1. The first kappa shape index (κ1) is 18.7. The number of rotatable bonds is 7. The second-order valence-corrected chi connectivity index (χ2v) is 6.86.